The van der Waals surface area contributed by atoms with Gasteiger partial charge in [-0.3, -0.25) is 9.99 Å². The molecule has 0 saturated heterocycles. The van der Waals surface area contributed by atoms with E-state index in [9.17, 15) is 0 Å². The summed E-state index contributed by atoms with van der Waals surface area (Å²) in [6.07, 6.45) is 6.81. The maximum Gasteiger partial charge on any atom is 0.257 e. The molecule has 0 bridgehead atoms. The molecule has 0 aliphatic rings. The molecule has 0 radical (unpaired) electrons. The Morgan fingerprint density at radius 1 is 1.11 bits per heavy atom. The van der Waals surface area contributed by atoms with Crippen LogP contribution in [0.4, 0.5) is 5.95 Å². The molecule has 96 valence electrons. The van der Waals surface area contributed by atoms with Crippen LogP contribution in [0.3, 0.4) is 0 Å². The third-order valence-electron chi connectivity index (χ3n) is 2.49. The van der Waals surface area contributed by atoms with E-state index in [0.717, 1.165) is 5.82 Å². The fourth-order valence-electron chi connectivity index (χ4n) is 1.61. The maximum absolute atomic E-state index is 5.38. The Labute approximate surface area is 108 Å². The van der Waals surface area contributed by atoms with Gasteiger partial charge in [-0.15, -0.1) is 0 Å². The SMILES string of the molecule is Cc1nccn1-c1nc(NN)nc(-n2cccn2)n1. The van der Waals surface area contributed by atoms with Crippen LogP contribution in [0.2, 0.25) is 0 Å². The second-order valence-corrected chi connectivity index (χ2v) is 3.70. The largest absolute Gasteiger partial charge is 0.292 e. The lowest BCUT2D eigenvalue weighted by molar-refractivity contribution is 0.769. The number of aryl methyl sites for hydroxylation is 1. The van der Waals surface area contributed by atoms with E-state index >= 15 is 0 Å². The zero-order valence-electron chi connectivity index (χ0n) is 10.1. The molecule has 0 saturated carbocycles. The van der Waals surface area contributed by atoms with Crippen LogP contribution in [0.1, 0.15) is 5.82 Å². The first-order valence-electron chi connectivity index (χ1n) is 5.51. The van der Waals surface area contributed by atoms with E-state index < -0.39 is 0 Å². The smallest absolute Gasteiger partial charge is 0.257 e. The Kier molecular flexibility index (Phi) is 2.65. The van der Waals surface area contributed by atoms with Gasteiger partial charge in [0.2, 0.25) is 11.9 Å². The summed E-state index contributed by atoms with van der Waals surface area (Å²) < 4.78 is 3.26. The quantitative estimate of drug-likeness (QED) is 0.495. The molecule has 0 unspecified atom stereocenters. The van der Waals surface area contributed by atoms with Crippen molar-refractivity contribution in [2.75, 3.05) is 5.43 Å². The molecule has 0 aliphatic heterocycles. The van der Waals surface area contributed by atoms with E-state index in [0.29, 0.717) is 11.9 Å². The van der Waals surface area contributed by atoms with Crippen molar-refractivity contribution in [2.24, 2.45) is 5.84 Å². The number of nitrogens with zero attached hydrogens (tertiary/aromatic N) is 7. The van der Waals surface area contributed by atoms with Crippen LogP contribution in [-0.4, -0.2) is 34.3 Å². The molecule has 0 aromatic carbocycles. The van der Waals surface area contributed by atoms with Crippen LogP contribution in [-0.2, 0) is 0 Å². The molecule has 0 aliphatic carbocycles. The summed E-state index contributed by atoms with van der Waals surface area (Å²) in [6, 6.07) is 1.78. The van der Waals surface area contributed by atoms with E-state index in [-0.39, 0.29) is 5.95 Å². The van der Waals surface area contributed by atoms with Crippen molar-refractivity contribution in [3.63, 3.8) is 0 Å². The predicted octanol–water partition coefficient (Wildman–Crippen LogP) is -0.163. The molecule has 0 fully saturated rings. The molecular weight excluding hydrogens is 246 g/mol. The lowest BCUT2D eigenvalue weighted by Crippen LogP contribution is -2.16. The lowest BCUT2D eigenvalue weighted by Gasteiger charge is -2.07. The molecule has 0 spiro atoms. The molecule has 3 N–H and O–H groups in total. The topological polar surface area (TPSA) is 112 Å². The Morgan fingerprint density at radius 3 is 2.58 bits per heavy atom. The number of hydrogen-bond acceptors (Lipinski definition) is 7. The second kappa shape index (κ2) is 4.46. The standard InChI is InChI=1S/C10H11N9/c1-7-12-4-6-18(7)9-14-8(17-11)15-10(16-9)19-5-2-3-13-19/h2-6H,11H2,1H3,(H,14,15,16,17). The first-order valence-corrected chi connectivity index (χ1v) is 5.51. The van der Waals surface area contributed by atoms with Gasteiger partial charge in [0.1, 0.15) is 5.82 Å². The second-order valence-electron chi connectivity index (χ2n) is 3.70. The molecule has 9 nitrogen and oxygen atoms in total. The number of hydrogen-bond donors (Lipinski definition) is 2. The minimum atomic E-state index is 0.253. The van der Waals surface area contributed by atoms with Gasteiger partial charge in [0.05, 0.1) is 0 Å². The van der Waals surface area contributed by atoms with Gasteiger partial charge in [-0.25, -0.2) is 15.5 Å². The third kappa shape index (κ3) is 2.02. The minimum Gasteiger partial charge on any atom is -0.292 e. The van der Waals surface area contributed by atoms with Gasteiger partial charge in [-0.05, 0) is 13.0 Å². The molecule has 9 heteroatoms. The molecule has 19 heavy (non-hydrogen) atoms. The lowest BCUT2D eigenvalue weighted by atomic mass is 10.6. The van der Waals surface area contributed by atoms with Crippen LogP contribution in [0.25, 0.3) is 11.9 Å². The number of anilines is 1. The van der Waals surface area contributed by atoms with Crippen molar-refractivity contribution < 1.29 is 0 Å². The summed E-state index contributed by atoms with van der Waals surface area (Å²) in [5, 5.41) is 4.08. The highest BCUT2D eigenvalue weighted by Gasteiger charge is 2.10. The highest BCUT2D eigenvalue weighted by molar-refractivity contribution is 5.32. The normalized spacial score (nSPS) is 10.6. The average molecular weight is 257 g/mol. The van der Waals surface area contributed by atoms with E-state index in [4.69, 9.17) is 5.84 Å². The monoisotopic (exact) mass is 257 g/mol. The molecule has 0 amide bonds. The third-order valence-corrected chi connectivity index (χ3v) is 2.49. The van der Waals surface area contributed by atoms with Crippen molar-refractivity contribution in [2.45, 2.75) is 6.92 Å². The summed E-state index contributed by atoms with van der Waals surface area (Å²) in [5.74, 6) is 7.18. The summed E-state index contributed by atoms with van der Waals surface area (Å²) in [7, 11) is 0. The van der Waals surface area contributed by atoms with E-state index in [1.807, 2.05) is 6.92 Å². The fraction of sp³-hybridized carbons (Fsp3) is 0.100. The van der Waals surface area contributed by atoms with Crippen molar-refractivity contribution >= 4 is 5.95 Å². The fourth-order valence-corrected chi connectivity index (χ4v) is 1.61. The van der Waals surface area contributed by atoms with Crippen LogP contribution in [0, 0.1) is 6.92 Å². The van der Waals surface area contributed by atoms with Crippen LogP contribution >= 0.6 is 0 Å². The Bertz CT molecular complexity index is 685. The molecule has 3 heterocycles. The zero-order chi connectivity index (χ0) is 13.2. The van der Waals surface area contributed by atoms with Gasteiger partial charge in [-0.1, -0.05) is 0 Å². The number of nitrogens with two attached hydrogens (primary N) is 1. The maximum atomic E-state index is 5.38. The minimum absolute atomic E-state index is 0.253. The summed E-state index contributed by atoms with van der Waals surface area (Å²) in [6.45, 7) is 1.85. The highest BCUT2D eigenvalue weighted by Crippen LogP contribution is 2.09. The summed E-state index contributed by atoms with van der Waals surface area (Å²) in [4.78, 5) is 16.8. The van der Waals surface area contributed by atoms with Crippen molar-refractivity contribution in [3.05, 3.63) is 36.7 Å². The highest BCUT2D eigenvalue weighted by atomic mass is 15.4. The number of rotatable bonds is 3. The van der Waals surface area contributed by atoms with Crippen molar-refractivity contribution in [1.82, 2.24) is 34.3 Å². The van der Waals surface area contributed by atoms with Crippen LogP contribution in [0.5, 0.6) is 0 Å². The predicted molar refractivity (Wildman–Crippen MR) is 66.6 cm³/mol. The summed E-state index contributed by atoms with van der Waals surface area (Å²) >= 11 is 0. The number of nitrogens with one attached hydrogen (secondary N) is 1. The Balaban J connectivity index is 2.16. The molecular formula is C10H11N9. The van der Waals surface area contributed by atoms with E-state index in [1.54, 1.807) is 35.4 Å². The van der Waals surface area contributed by atoms with Crippen LogP contribution in [0.15, 0.2) is 30.9 Å². The van der Waals surface area contributed by atoms with Crippen molar-refractivity contribution in [1.29, 1.82) is 0 Å². The Morgan fingerprint density at radius 2 is 1.95 bits per heavy atom. The van der Waals surface area contributed by atoms with Gasteiger partial charge in [0.15, 0.2) is 0 Å². The molecule has 3 aromatic rings. The molecule has 3 rings (SSSR count). The van der Waals surface area contributed by atoms with Gasteiger partial charge >= 0.3 is 0 Å². The van der Waals surface area contributed by atoms with Crippen LogP contribution < -0.4 is 11.3 Å². The Hall–Kier alpha value is -2.81. The number of imidazole rings is 1. The number of hydrazine groups is 1. The molecule has 0 atom stereocenters. The summed E-state index contributed by atoms with van der Waals surface area (Å²) in [5.41, 5.74) is 2.41. The van der Waals surface area contributed by atoms with Gasteiger partial charge in [0.25, 0.3) is 5.95 Å². The first kappa shape index (κ1) is 11.3. The van der Waals surface area contributed by atoms with E-state index in [1.165, 1.54) is 4.68 Å². The average Bonchev–Trinajstić information content (AvgIpc) is 3.09. The van der Waals surface area contributed by atoms with Gasteiger partial charge < -0.3 is 0 Å². The number of nitrogen functional groups attached to an aromatic ring is 1. The zero-order valence-corrected chi connectivity index (χ0v) is 10.1. The first-order chi connectivity index (χ1) is 9.28. The van der Waals surface area contributed by atoms with Crippen molar-refractivity contribution in [3.8, 4) is 11.9 Å². The van der Waals surface area contributed by atoms with E-state index in [2.05, 4.69) is 30.5 Å². The van der Waals surface area contributed by atoms with Gasteiger partial charge in [-0.2, -0.15) is 20.1 Å². The number of aromatic nitrogens is 7. The molecule has 3 aromatic heterocycles. The van der Waals surface area contributed by atoms with Gasteiger partial charge in [0, 0.05) is 24.8 Å².